The Bertz CT molecular complexity index is 243. The summed E-state index contributed by atoms with van der Waals surface area (Å²) in [4.78, 5) is 21.6. The normalized spacial score (nSPS) is 30.8. The molecule has 0 aromatic carbocycles. The molecular formula is C10H14O5. The molecule has 0 aromatic rings. The molecule has 2 atom stereocenters. The van der Waals surface area contributed by atoms with Crippen LogP contribution < -0.4 is 0 Å². The fraction of sp³-hybridized carbons (Fsp3) is 0.600. The molecule has 1 aliphatic rings. The van der Waals surface area contributed by atoms with Crippen LogP contribution in [0.5, 0.6) is 0 Å². The molecule has 3 N–H and O–H groups in total. The average Bonchev–Trinajstić information content (AvgIpc) is 2.16. The zero-order valence-electron chi connectivity index (χ0n) is 8.22. The molecule has 0 bridgehead atoms. The molecule has 5 heteroatoms. The highest BCUT2D eigenvalue weighted by molar-refractivity contribution is 5.74. The lowest BCUT2D eigenvalue weighted by Gasteiger charge is -2.30. The van der Waals surface area contributed by atoms with Gasteiger partial charge in [0, 0.05) is 5.92 Å². The van der Waals surface area contributed by atoms with Gasteiger partial charge in [0.15, 0.2) is 0 Å². The van der Waals surface area contributed by atoms with E-state index in [9.17, 15) is 14.7 Å². The molecule has 0 radical (unpaired) electrons. The molecule has 0 saturated heterocycles. The van der Waals surface area contributed by atoms with E-state index in [4.69, 9.17) is 10.2 Å². The summed E-state index contributed by atoms with van der Waals surface area (Å²) in [6, 6.07) is 0. The zero-order chi connectivity index (χ0) is 11.6. The number of rotatable bonds is 3. The molecule has 5 nitrogen and oxygen atoms in total. The predicted octanol–water partition coefficient (Wildman–Crippen LogP) is 1.26. The Balaban J connectivity index is 2.77. The summed E-state index contributed by atoms with van der Waals surface area (Å²) in [5, 5.41) is 26.9. The van der Waals surface area contributed by atoms with Crippen molar-refractivity contribution < 1.29 is 24.9 Å². The van der Waals surface area contributed by atoms with Crippen LogP contribution in [0.3, 0.4) is 0 Å². The van der Waals surface area contributed by atoms with Crippen LogP contribution in [-0.4, -0.2) is 27.3 Å². The third-order valence-electron chi connectivity index (χ3n) is 2.88. The minimum Gasteiger partial charge on any atom is -0.513 e. The van der Waals surface area contributed by atoms with Crippen LogP contribution in [-0.2, 0) is 9.59 Å². The Morgan fingerprint density at radius 2 is 1.20 bits per heavy atom. The van der Waals surface area contributed by atoms with Gasteiger partial charge in [0.25, 0.3) is 0 Å². The largest absolute Gasteiger partial charge is 0.513 e. The summed E-state index contributed by atoms with van der Waals surface area (Å²) in [7, 11) is 0. The second-order valence-corrected chi connectivity index (χ2v) is 3.97. The molecule has 1 aliphatic carbocycles. The Morgan fingerprint density at radius 1 is 0.867 bits per heavy atom. The molecule has 0 spiro atoms. The fourth-order valence-electron chi connectivity index (χ4n) is 1.99. The van der Waals surface area contributed by atoms with Gasteiger partial charge < -0.3 is 15.3 Å². The third kappa shape index (κ3) is 2.71. The van der Waals surface area contributed by atoms with Gasteiger partial charge in [-0.15, -0.1) is 0 Å². The number of carboxylic acid groups (broad SMARTS) is 2. The Morgan fingerprint density at radius 3 is 1.47 bits per heavy atom. The van der Waals surface area contributed by atoms with E-state index in [-0.39, 0.29) is 25.0 Å². The van der Waals surface area contributed by atoms with Gasteiger partial charge in [0.2, 0.25) is 0 Å². The van der Waals surface area contributed by atoms with Gasteiger partial charge in [-0.25, -0.2) is 0 Å². The summed E-state index contributed by atoms with van der Waals surface area (Å²) < 4.78 is 0. The van der Waals surface area contributed by atoms with Crippen molar-refractivity contribution in [1.29, 1.82) is 0 Å². The minimum atomic E-state index is -1.01. The first kappa shape index (κ1) is 11.6. The number of allylic oxidation sites excluding steroid dienone is 1. The summed E-state index contributed by atoms with van der Waals surface area (Å²) in [6.45, 7) is 3.34. The Hall–Kier alpha value is -1.52. The van der Waals surface area contributed by atoms with Crippen LogP contribution in [0.25, 0.3) is 0 Å². The van der Waals surface area contributed by atoms with Crippen molar-refractivity contribution in [2.45, 2.75) is 19.3 Å². The topological polar surface area (TPSA) is 94.8 Å². The molecule has 84 valence electrons. The summed E-state index contributed by atoms with van der Waals surface area (Å²) in [6.07, 6.45) is 0.678. The molecule has 0 amide bonds. The first-order valence-electron chi connectivity index (χ1n) is 4.75. The van der Waals surface area contributed by atoms with Gasteiger partial charge in [-0.1, -0.05) is 6.58 Å². The van der Waals surface area contributed by atoms with E-state index in [0.29, 0.717) is 0 Å². The average molecular weight is 214 g/mol. The molecular weight excluding hydrogens is 200 g/mol. The molecule has 1 fully saturated rings. The standard InChI is InChI=1S/C10H14O5/c1-5(11)6-2-7(9(12)13)4-8(3-6)10(14)15/h6-8,11H,1-4H2,(H,12,13)(H,14,15). The summed E-state index contributed by atoms with van der Waals surface area (Å²) in [5.74, 6) is -3.95. The fourth-order valence-corrected chi connectivity index (χ4v) is 1.99. The van der Waals surface area contributed by atoms with Crippen molar-refractivity contribution in [3.63, 3.8) is 0 Å². The van der Waals surface area contributed by atoms with E-state index in [1.807, 2.05) is 0 Å². The van der Waals surface area contributed by atoms with Crippen LogP contribution in [0.15, 0.2) is 12.3 Å². The monoisotopic (exact) mass is 214 g/mol. The van der Waals surface area contributed by atoms with Crippen LogP contribution in [0.4, 0.5) is 0 Å². The number of hydrogen-bond donors (Lipinski definition) is 3. The van der Waals surface area contributed by atoms with E-state index >= 15 is 0 Å². The second kappa shape index (κ2) is 4.33. The van der Waals surface area contributed by atoms with Crippen molar-refractivity contribution in [2.75, 3.05) is 0 Å². The summed E-state index contributed by atoms with van der Waals surface area (Å²) in [5.41, 5.74) is 0. The third-order valence-corrected chi connectivity index (χ3v) is 2.88. The van der Waals surface area contributed by atoms with Crippen molar-refractivity contribution in [1.82, 2.24) is 0 Å². The molecule has 0 aliphatic heterocycles. The predicted molar refractivity (Wildman–Crippen MR) is 51.4 cm³/mol. The van der Waals surface area contributed by atoms with Crippen molar-refractivity contribution in [3.8, 4) is 0 Å². The number of aliphatic hydroxyl groups excluding tert-OH is 1. The van der Waals surface area contributed by atoms with E-state index < -0.39 is 29.7 Å². The van der Waals surface area contributed by atoms with Crippen molar-refractivity contribution in [2.24, 2.45) is 17.8 Å². The lowest BCUT2D eigenvalue weighted by molar-refractivity contribution is -0.148. The summed E-state index contributed by atoms with van der Waals surface area (Å²) >= 11 is 0. The van der Waals surface area contributed by atoms with Gasteiger partial charge in [0.05, 0.1) is 17.6 Å². The highest BCUT2D eigenvalue weighted by Crippen LogP contribution is 2.36. The van der Waals surface area contributed by atoms with E-state index in [1.54, 1.807) is 0 Å². The highest BCUT2D eigenvalue weighted by Gasteiger charge is 2.37. The lowest BCUT2D eigenvalue weighted by Crippen LogP contribution is -2.32. The van der Waals surface area contributed by atoms with Crippen molar-refractivity contribution >= 4 is 11.9 Å². The van der Waals surface area contributed by atoms with Gasteiger partial charge in [-0.05, 0) is 19.3 Å². The molecule has 1 saturated carbocycles. The zero-order valence-corrected chi connectivity index (χ0v) is 8.22. The first-order valence-corrected chi connectivity index (χ1v) is 4.75. The molecule has 0 heterocycles. The number of aliphatic carboxylic acids is 2. The molecule has 15 heavy (non-hydrogen) atoms. The van der Waals surface area contributed by atoms with E-state index in [1.165, 1.54) is 0 Å². The van der Waals surface area contributed by atoms with Gasteiger partial charge in [-0.2, -0.15) is 0 Å². The van der Waals surface area contributed by atoms with Crippen molar-refractivity contribution in [3.05, 3.63) is 12.3 Å². The smallest absolute Gasteiger partial charge is 0.306 e. The maximum atomic E-state index is 10.8. The maximum Gasteiger partial charge on any atom is 0.306 e. The molecule has 2 unspecified atom stereocenters. The number of carboxylic acids is 2. The van der Waals surface area contributed by atoms with Crippen LogP contribution in [0, 0.1) is 17.8 Å². The molecule has 0 aromatic heterocycles. The van der Waals surface area contributed by atoms with Crippen LogP contribution in [0.1, 0.15) is 19.3 Å². The quantitative estimate of drug-likeness (QED) is 0.615. The molecule has 1 rings (SSSR count). The number of carbonyl (C=O) groups is 2. The van der Waals surface area contributed by atoms with Gasteiger partial charge in [-0.3, -0.25) is 9.59 Å². The first-order chi connectivity index (χ1) is 6.91. The highest BCUT2D eigenvalue weighted by atomic mass is 16.4. The second-order valence-electron chi connectivity index (χ2n) is 3.97. The maximum absolute atomic E-state index is 10.8. The minimum absolute atomic E-state index is 0.118. The SMILES string of the molecule is C=C(O)C1CC(C(=O)O)CC(C(=O)O)C1. The van der Waals surface area contributed by atoms with Gasteiger partial charge in [0.1, 0.15) is 0 Å². The number of aliphatic hydroxyl groups is 1. The number of hydrogen-bond acceptors (Lipinski definition) is 3. The Kier molecular flexibility index (Phi) is 3.34. The van der Waals surface area contributed by atoms with E-state index in [2.05, 4.69) is 6.58 Å². The Labute approximate surface area is 87.0 Å². The lowest BCUT2D eigenvalue weighted by atomic mass is 9.74. The van der Waals surface area contributed by atoms with Gasteiger partial charge >= 0.3 is 11.9 Å². The van der Waals surface area contributed by atoms with E-state index in [0.717, 1.165) is 0 Å². The van der Waals surface area contributed by atoms with Crippen LogP contribution >= 0.6 is 0 Å². The van der Waals surface area contributed by atoms with Crippen LogP contribution in [0.2, 0.25) is 0 Å².